The highest BCUT2D eigenvalue weighted by Crippen LogP contribution is 2.45. The molecule has 1 aromatic carbocycles. The van der Waals surface area contributed by atoms with E-state index in [-0.39, 0.29) is 0 Å². The van der Waals surface area contributed by atoms with Gasteiger partial charge in [0.2, 0.25) is 0 Å². The maximum atomic E-state index is 3.78. The Morgan fingerprint density at radius 2 is 1.87 bits per heavy atom. The van der Waals surface area contributed by atoms with Gasteiger partial charge in [-0.2, -0.15) is 0 Å². The van der Waals surface area contributed by atoms with E-state index in [2.05, 4.69) is 65.3 Å². The van der Waals surface area contributed by atoms with Gasteiger partial charge in [0.1, 0.15) is 0 Å². The highest BCUT2D eigenvalue weighted by molar-refractivity contribution is 9.09. The molecule has 74 valence electrons. The number of hydrogen-bond donors (Lipinski definition) is 0. The first-order valence-corrected chi connectivity index (χ1v) is 6.02. The van der Waals surface area contributed by atoms with Gasteiger partial charge in [0.25, 0.3) is 0 Å². The van der Waals surface area contributed by atoms with Gasteiger partial charge in [-0.15, -0.1) is 0 Å². The summed E-state index contributed by atoms with van der Waals surface area (Å²) in [5, 5.41) is 0. The molecule has 0 heterocycles. The molecule has 0 saturated carbocycles. The third kappa shape index (κ3) is 1.34. The van der Waals surface area contributed by atoms with Crippen molar-refractivity contribution in [2.75, 3.05) is 0 Å². The molecule has 0 aliphatic heterocycles. The second-order valence-corrected chi connectivity index (χ2v) is 4.99. The van der Waals surface area contributed by atoms with Crippen LogP contribution in [0.4, 0.5) is 0 Å². The van der Waals surface area contributed by atoms with Crippen molar-refractivity contribution in [1.82, 2.24) is 0 Å². The molecule has 3 rings (SSSR count). The lowest BCUT2D eigenvalue weighted by atomic mass is 9.90. The van der Waals surface area contributed by atoms with E-state index >= 15 is 0 Å². The minimum Gasteiger partial charge on any atom is -0.0786 e. The molecule has 15 heavy (non-hydrogen) atoms. The molecule has 1 atom stereocenters. The molecule has 1 aromatic rings. The molecule has 1 heteroatoms. The Labute approximate surface area is 98.1 Å². The normalized spacial score (nSPS) is 22.5. The Bertz CT molecular complexity index is 518. The number of alkyl halides is 1. The molecule has 0 nitrogen and oxygen atoms in total. The SMILES string of the molecule is CC1=CC2=Cc3ccccc3C(Br)C2=C1. The molecular weight excluding hydrogens is 248 g/mol. The molecule has 0 bridgehead atoms. The Morgan fingerprint density at radius 3 is 2.73 bits per heavy atom. The molecular formula is C14H11Br. The molecule has 0 saturated heterocycles. The Kier molecular flexibility index (Phi) is 1.96. The van der Waals surface area contributed by atoms with Gasteiger partial charge >= 0.3 is 0 Å². The van der Waals surface area contributed by atoms with Crippen molar-refractivity contribution in [3.63, 3.8) is 0 Å². The number of halogens is 1. The largest absolute Gasteiger partial charge is 0.0786 e. The monoisotopic (exact) mass is 258 g/mol. The summed E-state index contributed by atoms with van der Waals surface area (Å²) in [4.78, 5) is 0.349. The first-order chi connectivity index (χ1) is 7.25. The van der Waals surface area contributed by atoms with Crippen LogP contribution in [-0.4, -0.2) is 0 Å². The van der Waals surface area contributed by atoms with Crippen molar-refractivity contribution in [3.8, 4) is 0 Å². The maximum Gasteiger partial charge on any atom is 0.0656 e. The molecule has 2 aliphatic rings. The first kappa shape index (κ1) is 9.17. The van der Waals surface area contributed by atoms with E-state index in [1.54, 1.807) is 0 Å². The number of hydrogen-bond acceptors (Lipinski definition) is 0. The standard InChI is InChI=1S/C14H11Br/c1-9-6-11-8-10-4-2-3-5-12(10)14(15)13(11)7-9/h2-8,14H,1H3. The van der Waals surface area contributed by atoms with Gasteiger partial charge in [-0.3, -0.25) is 0 Å². The number of allylic oxidation sites excluding steroid dienone is 5. The van der Waals surface area contributed by atoms with E-state index in [1.165, 1.54) is 27.8 Å². The molecule has 0 amide bonds. The molecule has 0 fully saturated rings. The van der Waals surface area contributed by atoms with Crippen LogP contribution >= 0.6 is 15.9 Å². The Morgan fingerprint density at radius 1 is 1.07 bits per heavy atom. The van der Waals surface area contributed by atoms with Crippen LogP contribution in [0, 0.1) is 0 Å². The topological polar surface area (TPSA) is 0 Å². The van der Waals surface area contributed by atoms with Crippen LogP contribution in [0.1, 0.15) is 22.9 Å². The van der Waals surface area contributed by atoms with Crippen molar-refractivity contribution in [2.45, 2.75) is 11.8 Å². The zero-order valence-electron chi connectivity index (χ0n) is 8.50. The van der Waals surface area contributed by atoms with E-state index in [0.717, 1.165) is 0 Å². The van der Waals surface area contributed by atoms with Crippen LogP contribution in [-0.2, 0) is 0 Å². The van der Waals surface area contributed by atoms with Gasteiger partial charge in [0.15, 0.2) is 0 Å². The minimum absolute atomic E-state index is 0.349. The van der Waals surface area contributed by atoms with Gasteiger partial charge in [-0.1, -0.05) is 57.9 Å². The van der Waals surface area contributed by atoms with Gasteiger partial charge in [-0.05, 0) is 35.3 Å². The van der Waals surface area contributed by atoms with Gasteiger partial charge < -0.3 is 0 Å². The van der Waals surface area contributed by atoms with Crippen LogP contribution < -0.4 is 0 Å². The molecule has 0 N–H and O–H groups in total. The number of benzene rings is 1. The third-order valence-corrected chi connectivity index (χ3v) is 3.94. The summed E-state index contributed by atoms with van der Waals surface area (Å²) in [5.41, 5.74) is 6.79. The van der Waals surface area contributed by atoms with E-state index < -0.39 is 0 Å². The van der Waals surface area contributed by atoms with E-state index in [4.69, 9.17) is 0 Å². The minimum atomic E-state index is 0.349. The smallest absolute Gasteiger partial charge is 0.0656 e. The summed E-state index contributed by atoms with van der Waals surface area (Å²) in [6.45, 7) is 2.15. The second-order valence-electron chi connectivity index (χ2n) is 4.08. The van der Waals surface area contributed by atoms with E-state index in [0.29, 0.717) is 4.83 Å². The summed E-state index contributed by atoms with van der Waals surface area (Å²) < 4.78 is 0. The molecule has 0 radical (unpaired) electrons. The van der Waals surface area contributed by atoms with Crippen LogP contribution in [0.25, 0.3) is 6.08 Å². The highest BCUT2D eigenvalue weighted by Gasteiger charge is 2.25. The summed E-state index contributed by atoms with van der Waals surface area (Å²) in [7, 11) is 0. The zero-order chi connectivity index (χ0) is 10.4. The van der Waals surface area contributed by atoms with Crippen LogP contribution in [0.15, 0.2) is 53.1 Å². The average molecular weight is 259 g/mol. The summed E-state index contributed by atoms with van der Waals surface area (Å²) in [6.07, 6.45) is 6.79. The number of rotatable bonds is 0. The van der Waals surface area contributed by atoms with Crippen molar-refractivity contribution < 1.29 is 0 Å². The van der Waals surface area contributed by atoms with Crippen molar-refractivity contribution in [1.29, 1.82) is 0 Å². The predicted octanol–water partition coefficient (Wildman–Crippen LogP) is 4.41. The predicted molar refractivity (Wildman–Crippen MR) is 67.9 cm³/mol. The summed E-state index contributed by atoms with van der Waals surface area (Å²) >= 11 is 3.78. The molecule has 0 spiro atoms. The van der Waals surface area contributed by atoms with E-state index in [1.807, 2.05) is 0 Å². The fraction of sp³-hybridized carbons (Fsp3) is 0.143. The molecule has 1 unspecified atom stereocenters. The zero-order valence-corrected chi connectivity index (χ0v) is 10.1. The molecule has 0 aromatic heterocycles. The lowest BCUT2D eigenvalue weighted by molar-refractivity contribution is 1.14. The Balaban J connectivity index is 2.23. The Hall–Kier alpha value is -1.08. The number of fused-ring (bicyclic) bond motifs is 2. The molecule has 2 aliphatic carbocycles. The average Bonchev–Trinajstić information content (AvgIpc) is 2.59. The highest BCUT2D eigenvalue weighted by atomic mass is 79.9. The second kappa shape index (κ2) is 3.21. The summed E-state index contributed by atoms with van der Waals surface area (Å²) in [6, 6.07) is 8.56. The van der Waals surface area contributed by atoms with Crippen LogP contribution in [0.5, 0.6) is 0 Å². The van der Waals surface area contributed by atoms with Crippen molar-refractivity contribution in [3.05, 3.63) is 64.3 Å². The van der Waals surface area contributed by atoms with Crippen LogP contribution in [0.2, 0.25) is 0 Å². The fourth-order valence-corrected chi connectivity index (χ4v) is 3.07. The van der Waals surface area contributed by atoms with Crippen molar-refractivity contribution >= 4 is 22.0 Å². The lowest BCUT2D eigenvalue weighted by Crippen LogP contribution is -2.02. The maximum absolute atomic E-state index is 3.78. The fourth-order valence-electron chi connectivity index (χ4n) is 2.25. The van der Waals surface area contributed by atoms with Crippen molar-refractivity contribution in [2.24, 2.45) is 0 Å². The lowest BCUT2D eigenvalue weighted by Gasteiger charge is -2.21. The first-order valence-electron chi connectivity index (χ1n) is 5.10. The third-order valence-electron chi connectivity index (χ3n) is 2.95. The van der Waals surface area contributed by atoms with Gasteiger partial charge in [0, 0.05) is 0 Å². The quantitative estimate of drug-likeness (QED) is 0.605. The van der Waals surface area contributed by atoms with E-state index in [9.17, 15) is 0 Å². The van der Waals surface area contributed by atoms with Gasteiger partial charge in [0.05, 0.1) is 4.83 Å². The van der Waals surface area contributed by atoms with Crippen LogP contribution in [0.3, 0.4) is 0 Å². The summed E-state index contributed by atoms with van der Waals surface area (Å²) in [5.74, 6) is 0. The van der Waals surface area contributed by atoms with Gasteiger partial charge in [-0.25, -0.2) is 0 Å².